The number of anilines is 1. The summed E-state index contributed by atoms with van der Waals surface area (Å²) in [5.74, 6) is 1.05. The van der Waals surface area contributed by atoms with Crippen molar-refractivity contribution in [3.63, 3.8) is 0 Å². The summed E-state index contributed by atoms with van der Waals surface area (Å²) in [5.41, 5.74) is 1.56. The summed E-state index contributed by atoms with van der Waals surface area (Å²) < 4.78 is 2.31. The lowest BCUT2D eigenvalue weighted by molar-refractivity contribution is 0.543. The molecule has 1 unspecified atom stereocenters. The van der Waals surface area contributed by atoms with Crippen LogP contribution in [0.15, 0.2) is 6.20 Å². The van der Waals surface area contributed by atoms with Crippen molar-refractivity contribution in [2.75, 3.05) is 11.9 Å². The van der Waals surface area contributed by atoms with Crippen molar-refractivity contribution >= 4 is 5.95 Å². The lowest BCUT2D eigenvalue weighted by Gasteiger charge is -2.10. The smallest absolute Gasteiger partial charge is 0.203 e. The molecule has 3 nitrogen and oxygen atoms in total. The molecule has 1 aliphatic carbocycles. The first kappa shape index (κ1) is 10.5. The van der Waals surface area contributed by atoms with Crippen LogP contribution in [-0.4, -0.2) is 16.1 Å². The normalized spacial score (nSPS) is 22.8. The molecule has 0 aromatic carbocycles. The minimum atomic E-state index is 0.454. The van der Waals surface area contributed by atoms with Gasteiger partial charge in [0.15, 0.2) is 0 Å². The molecule has 1 saturated carbocycles. The van der Waals surface area contributed by atoms with Gasteiger partial charge in [0.1, 0.15) is 0 Å². The molecular weight excluding hydrogens is 186 g/mol. The van der Waals surface area contributed by atoms with Crippen LogP contribution < -0.4 is 5.32 Å². The van der Waals surface area contributed by atoms with Gasteiger partial charge < -0.3 is 9.88 Å². The first-order chi connectivity index (χ1) is 7.04. The third-order valence-electron chi connectivity index (χ3n) is 3.18. The second kappa shape index (κ2) is 3.54. The third-order valence-corrected chi connectivity index (χ3v) is 3.18. The van der Waals surface area contributed by atoms with Gasteiger partial charge in [0.05, 0.1) is 5.69 Å². The molecule has 0 spiro atoms. The van der Waals surface area contributed by atoms with Crippen molar-refractivity contribution in [1.29, 1.82) is 0 Å². The molecule has 1 aliphatic rings. The molecule has 0 radical (unpaired) electrons. The van der Waals surface area contributed by atoms with Gasteiger partial charge in [-0.05, 0) is 25.2 Å². The van der Waals surface area contributed by atoms with E-state index in [2.05, 4.69) is 48.8 Å². The molecule has 3 heteroatoms. The zero-order valence-corrected chi connectivity index (χ0v) is 10.2. The van der Waals surface area contributed by atoms with Crippen LogP contribution in [0.1, 0.15) is 45.3 Å². The molecule has 84 valence electrons. The Morgan fingerprint density at radius 3 is 2.80 bits per heavy atom. The average Bonchev–Trinajstić information content (AvgIpc) is 2.63. The molecule has 0 amide bonds. The number of aromatic nitrogens is 2. The summed E-state index contributed by atoms with van der Waals surface area (Å²) in [6, 6.07) is 0.637. The minimum Gasteiger partial charge on any atom is -0.356 e. The number of nitrogens with zero attached hydrogens (tertiary/aromatic N) is 2. The third kappa shape index (κ3) is 2.01. The number of hydrogen-bond donors (Lipinski definition) is 1. The van der Waals surface area contributed by atoms with Gasteiger partial charge in [0, 0.05) is 18.8 Å². The number of hydrogen-bond acceptors (Lipinski definition) is 2. The summed E-state index contributed by atoms with van der Waals surface area (Å²) in [7, 11) is 0. The summed E-state index contributed by atoms with van der Waals surface area (Å²) in [4.78, 5) is 4.53. The molecule has 2 rings (SSSR count). The highest BCUT2D eigenvalue weighted by Gasteiger charge is 2.47. The molecule has 15 heavy (non-hydrogen) atoms. The highest BCUT2D eigenvalue weighted by molar-refractivity contribution is 5.31. The van der Waals surface area contributed by atoms with Gasteiger partial charge in [-0.15, -0.1) is 0 Å². The lowest BCUT2D eigenvalue weighted by atomic mass is 10.2. The van der Waals surface area contributed by atoms with Crippen molar-refractivity contribution in [3.05, 3.63) is 11.9 Å². The maximum Gasteiger partial charge on any atom is 0.203 e. The quantitative estimate of drug-likeness (QED) is 0.822. The maximum atomic E-state index is 4.53. The SMILES string of the molecule is CCCNc1nc(C)cn1C1CC1(C)C. The monoisotopic (exact) mass is 207 g/mol. The molecule has 1 heterocycles. The van der Waals surface area contributed by atoms with Gasteiger partial charge in [-0.25, -0.2) is 4.98 Å². The first-order valence-electron chi connectivity index (χ1n) is 5.84. The Morgan fingerprint density at radius 1 is 1.60 bits per heavy atom. The summed E-state index contributed by atoms with van der Waals surface area (Å²) in [6.07, 6.45) is 4.57. The summed E-state index contributed by atoms with van der Waals surface area (Å²) in [5, 5.41) is 3.39. The average molecular weight is 207 g/mol. The van der Waals surface area contributed by atoms with E-state index in [4.69, 9.17) is 0 Å². The van der Waals surface area contributed by atoms with Crippen LogP contribution in [0.3, 0.4) is 0 Å². The number of nitrogens with one attached hydrogen (secondary N) is 1. The van der Waals surface area contributed by atoms with E-state index < -0.39 is 0 Å². The fourth-order valence-electron chi connectivity index (χ4n) is 2.04. The minimum absolute atomic E-state index is 0.454. The van der Waals surface area contributed by atoms with Crippen molar-refractivity contribution in [1.82, 2.24) is 9.55 Å². The van der Waals surface area contributed by atoms with E-state index in [0.717, 1.165) is 24.6 Å². The van der Waals surface area contributed by atoms with Crippen molar-refractivity contribution in [3.8, 4) is 0 Å². The fraction of sp³-hybridized carbons (Fsp3) is 0.750. The molecule has 0 saturated heterocycles. The van der Waals surface area contributed by atoms with Crippen LogP contribution in [0.2, 0.25) is 0 Å². The van der Waals surface area contributed by atoms with E-state index in [9.17, 15) is 0 Å². The molecule has 0 bridgehead atoms. The fourth-order valence-corrected chi connectivity index (χ4v) is 2.04. The topological polar surface area (TPSA) is 29.9 Å². The van der Waals surface area contributed by atoms with Gasteiger partial charge in [0.2, 0.25) is 5.95 Å². The van der Waals surface area contributed by atoms with Gasteiger partial charge in [0.25, 0.3) is 0 Å². The Labute approximate surface area is 91.9 Å². The van der Waals surface area contributed by atoms with E-state index in [-0.39, 0.29) is 0 Å². The predicted octanol–water partition coefficient (Wildman–Crippen LogP) is 2.98. The Hall–Kier alpha value is -0.990. The van der Waals surface area contributed by atoms with E-state index in [1.54, 1.807) is 0 Å². The van der Waals surface area contributed by atoms with E-state index in [1.165, 1.54) is 6.42 Å². The second-order valence-corrected chi connectivity index (χ2v) is 5.25. The summed E-state index contributed by atoms with van der Waals surface area (Å²) in [6.45, 7) is 9.87. The molecule has 1 N–H and O–H groups in total. The second-order valence-electron chi connectivity index (χ2n) is 5.25. The lowest BCUT2D eigenvalue weighted by Crippen LogP contribution is -2.08. The molecule has 1 atom stereocenters. The van der Waals surface area contributed by atoms with Crippen LogP contribution in [0, 0.1) is 12.3 Å². The highest BCUT2D eigenvalue weighted by Crippen LogP contribution is 2.56. The van der Waals surface area contributed by atoms with Crippen LogP contribution in [0.4, 0.5) is 5.95 Å². The van der Waals surface area contributed by atoms with E-state index in [0.29, 0.717) is 11.5 Å². The Balaban J connectivity index is 2.16. The molecule has 1 fully saturated rings. The zero-order chi connectivity index (χ0) is 11.1. The molecule has 1 aromatic rings. The highest BCUT2D eigenvalue weighted by atomic mass is 15.2. The Morgan fingerprint density at radius 2 is 2.27 bits per heavy atom. The van der Waals surface area contributed by atoms with Crippen molar-refractivity contribution in [2.24, 2.45) is 5.41 Å². The Bertz CT molecular complexity index is 352. The zero-order valence-electron chi connectivity index (χ0n) is 10.2. The van der Waals surface area contributed by atoms with Crippen LogP contribution >= 0.6 is 0 Å². The Kier molecular flexibility index (Phi) is 2.49. The maximum absolute atomic E-state index is 4.53. The van der Waals surface area contributed by atoms with Crippen LogP contribution in [-0.2, 0) is 0 Å². The van der Waals surface area contributed by atoms with Gasteiger partial charge in [-0.3, -0.25) is 0 Å². The molecule has 1 aromatic heterocycles. The predicted molar refractivity (Wildman–Crippen MR) is 63.2 cm³/mol. The van der Waals surface area contributed by atoms with E-state index >= 15 is 0 Å². The number of imidazole rings is 1. The largest absolute Gasteiger partial charge is 0.356 e. The van der Waals surface area contributed by atoms with Crippen LogP contribution in [0.5, 0.6) is 0 Å². The summed E-state index contributed by atoms with van der Waals surface area (Å²) >= 11 is 0. The number of rotatable bonds is 4. The van der Waals surface area contributed by atoms with Gasteiger partial charge in [-0.2, -0.15) is 0 Å². The number of aryl methyl sites for hydroxylation is 1. The van der Waals surface area contributed by atoms with Crippen LogP contribution in [0.25, 0.3) is 0 Å². The van der Waals surface area contributed by atoms with Gasteiger partial charge in [-0.1, -0.05) is 20.8 Å². The first-order valence-corrected chi connectivity index (χ1v) is 5.84. The van der Waals surface area contributed by atoms with Crippen molar-refractivity contribution < 1.29 is 0 Å². The molecular formula is C12H21N3. The van der Waals surface area contributed by atoms with E-state index in [1.807, 2.05) is 0 Å². The molecule has 0 aliphatic heterocycles. The van der Waals surface area contributed by atoms with Gasteiger partial charge >= 0.3 is 0 Å². The van der Waals surface area contributed by atoms with Crippen molar-refractivity contribution in [2.45, 2.75) is 46.6 Å². The standard InChI is InChI=1S/C12H21N3/c1-5-6-13-11-14-9(2)8-15(11)10-7-12(10,3)4/h8,10H,5-7H2,1-4H3,(H,13,14).